The Morgan fingerprint density at radius 3 is 2.50 bits per heavy atom. The van der Waals surface area contributed by atoms with E-state index in [1.807, 2.05) is 36.1 Å². The van der Waals surface area contributed by atoms with E-state index in [2.05, 4.69) is 6.92 Å². The van der Waals surface area contributed by atoms with Gasteiger partial charge in [-0.1, -0.05) is 19.1 Å². The molecule has 4 heteroatoms. The molecule has 1 aliphatic heterocycles. The molecule has 1 aromatic rings. The van der Waals surface area contributed by atoms with Crippen LogP contribution in [0, 0.1) is 0 Å². The number of carbonyl (C=O) groups is 1. The highest BCUT2D eigenvalue weighted by atomic mass is 16.5. The lowest BCUT2D eigenvalue weighted by Gasteiger charge is -2.32. The van der Waals surface area contributed by atoms with Crippen molar-refractivity contribution >= 4 is 5.91 Å². The van der Waals surface area contributed by atoms with Gasteiger partial charge in [0.25, 0.3) is 5.91 Å². The lowest BCUT2D eigenvalue weighted by Crippen LogP contribution is -2.47. The molecule has 0 radical (unpaired) electrons. The monoisotopic (exact) mass is 276 g/mol. The average Bonchev–Trinajstić information content (AvgIpc) is 2.48. The van der Waals surface area contributed by atoms with Gasteiger partial charge in [-0.15, -0.1) is 0 Å². The maximum atomic E-state index is 12.3. The molecule has 110 valence electrons. The van der Waals surface area contributed by atoms with Crippen molar-refractivity contribution in [1.82, 2.24) is 4.90 Å². The second-order valence-corrected chi connectivity index (χ2v) is 5.42. The first-order chi connectivity index (χ1) is 9.60. The molecule has 20 heavy (non-hydrogen) atoms. The summed E-state index contributed by atoms with van der Waals surface area (Å²) in [5, 5.41) is 0. The third kappa shape index (κ3) is 3.73. The molecule has 2 rings (SSSR count). The Kier molecular flexibility index (Phi) is 5.01. The Morgan fingerprint density at radius 2 is 1.95 bits per heavy atom. The smallest absolute Gasteiger partial charge is 0.263 e. The van der Waals surface area contributed by atoms with Crippen molar-refractivity contribution in [2.75, 3.05) is 13.1 Å². The first-order valence-corrected chi connectivity index (χ1v) is 7.40. The standard InChI is InChI=1S/C16H24N2O2/c1-3-13-4-6-15(7-5-13)20-12(2)16(19)18-10-8-14(17)9-11-18/h4-7,12,14H,3,8-11,17H2,1-2H3. The third-order valence-corrected chi connectivity index (χ3v) is 3.84. The first kappa shape index (κ1) is 14.9. The van der Waals surface area contributed by atoms with E-state index >= 15 is 0 Å². The van der Waals surface area contributed by atoms with E-state index in [1.54, 1.807) is 0 Å². The molecule has 0 aromatic heterocycles. The van der Waals surface area contributed by atoms with Gasteiger partial charge in [-0.3, -0.25) is 4.79 Å². The van der Waals surface area contributed by atoms with Gasteiger partial charge in [0.2, 0.25) is 0 Å². The second-order valence-electron chi connectivity index (χ2n) is 5.42. The van der Waals surface area contributed by atoms with E-state index in [9.17, 15) is 4.79 Å². The summed E-state index contributed by atoms with van der Waals surface area (Å²) in [6, 6.07) is 8.15. The van der Waals surface area contributed by atoms with E-state index in [4.69, 9.17) is 10.5 Å². The summed E-state index contributed by atoms with van der Waals surface area (Å²) in [7, 11) is 0. The van der Waals surface area contributed by atoms with Crippen molar-refractivity contribution in [3.8, 4) is 5.75 Å². The number of rotatable bonds is 4. The number of hydrogen-bond acceptors (Lipinski definition) is 3. The number of nitrogens with two attached hydrogens (primary N) is 1. The minimum Gasteiger partial charge on any atom is -0.481 e. The van der Waals surface area contributed by atoms with Crippen molar-refractivity contribution in [1.29, 1.82) is 0 Å². The Hall–Kier alpha value is -1.55. The van der Waals surface area contributed by atoms with Crippen LogP contribution < -0.4 is 10.5 Å². The number of piperidine rings is 1. The molecule has 1 aliphatic rings. The average molecular weight is 276 g/mol. The summed E-state index contributed by atoms with van der Waals surface area (Å²) >= 11 is 0. The maximum absolute atomic E-state index is 12.3. The minimum absolute atomic E-state index is 0.0523. The van der Waals surface area contributed by atoms with E-state index in [-0.39, 0.29) is 11.9 Å². The molecular formula is C16H24N2O2. The van der Waals surface area contributed by atoms with Crippen LogP contribution in [0.5, 0.6) is 5.75 Å². The van der Waals surface area contributed by atoms with Gasteiger partial charge in [-0.05, 0) is 43.9 Å². The molecule has 0 bridgehead atoms. The number of carbonyl (C=O) groups excluding carboxylic acids is 1. The van der Waals surface area contributed by atoms with Gasteiger partial charge in [0.05, 0.1) is 0 Å². The van der Waals surface area contributed by atoms with E-state index < -0.39 is 6.10 Å². The predicted molar refractivity (Wildman–Crippen MR) is 79.7 cm³/mol. The van der Waals surface area contributed by atoms with Crippen LogP contribution in [-0.4, -0.2) is 36.0 Å². The Bertz CT molecular complexity index is 436. The lowest BCUT2D eigenvalue weighted by atomic mass is 10.1. The molecular weight excluding hydrogens is 252 g/mol. The number of nitrogens with zero attached hydrogens (tertiary/aromatic N) is 1. The minimum atomic E-state index is -0.447. The normalized spacial score (nSPS) is 17.9. The molecule has 0 saturated carbocycles. The van der Waals surface area contributed by atoms with Gasteiger partial charge in [0, 0.05) is 19.1 Å². The van der Waals surface area contributed by atoms with Crippen molar-refractivity contribution in [2.24, 2.45) is 5.73 Å². The molecule has 1 fully saturated rings. The topological polar surface area (TPSA) is 55.6 Å². The van der Waals surface area contributed by atoms with E-state index in [1.165, 1.54) is 5.56 Å². The number of benzene rings is 1. The van der Waals surface area contributed by atoms with Gasteiger partial charge < -0.3 is 15.4 Å². The molecule has 4 nitrogen and oxygen atoms in total. The third-order valence-electron chi connectivity index (χ3n) is 3.84. The van der Waals surface area contributed by atoms with Crippen molar-refractivity contribution in [3.63, 3.8) is 0 Å². The quantitative estimate of drug-likeness (QED) is 0.914. The highest BCUT2D eigenvalue weighted by Crippen LogP contribution is 2.16. The highest BCUT2D eigenvalue weighted by molar-refractivity contribution is 5.81. The molecule has 1 unspecified atom stereocenters. The van der Waals surface area contributed by atoms with Gasteiger partial charge in [0.15, 0.2) is 6.10 Å². The van der Waals surface area contributed by atoms with E-state index in [0.717, 1.165) is 38.1 Å². The zero-order valence-electron chi connectivity index (χ0n) is 12.3. The summed E-state index contributed by atoms with van der Waals surface area (Å²) in [5.74, 6) is 0.799. The molecule has 0 aliphatic carbocycles. The Labute approximate surface area is 120 Å². The zero-order chi connectivity index (χ0) is 14.5. The first-order valence-electron chi connectivity index (χ1n) is 7.40. The van der Waals surface area contributed by atoms with Crippen molar-refractivity contribution in [3.05, 3.63) is 29.8 Å². The lowest BCUT2D eigenvalue weighted by molar-refractivity contribution is -0.139. The number of likely N-dealkylation sites (tertiary alicyclic amines) is 1. The van der Waals surface area contributed by atoms with Crippen LogP contribution >= 0.6 is 0 Å². The summed E-state index contributed by atoms with van der Waals surface area (Å²) in [4.78, 5) is 14.1. The fraction of sp³-hybridized carbons (Fsp3) is 0.562. The van der Waals surface area contributed by atoms with Crippen LogP contribution in [0.3, 0.4) is 0 Å². The van der Waals surface area contributed by atoms with Gasteiger partial charge in [-0.25, -0.2) is 0 Å². The summed E-state index contributed by atoms with van der Waals surface area (Å²) in [6.45, 7) is 5.40. The zero-order valence-corrected chi connectivity index (χ0v) is 12.3. The number of aryl methyl sites for hydroxylation is 1. The number of ether oxygens (including phenoxy) is 1. The molecule has 1 atom stereocenters. The fourth-order valence-electron chi connectivity index (χ4n) is 2.44. The SMILES string of the molecule is CCc1ccc(OC(C)C(=O)N2CCC(N)CC2)cc1. The number of amides is 1. The molecule has 0 spiro atoms. The number of hydrogen-bond donors (Lipinski definition) is 1. The fourth-order valence-corrected chi connectivity index (χ4v) is 2.44. The molecule has 1 saturated heterocycles. The van der Waals surface area contributed by atoms with Crippen LogP contribution in [0.15, 0.2) is 24.3 Å². The molecule has 2 N–H and O–H groups in total. The van der Waals surface area contributed by atoms with Gasteiger partial charge in [-0.2, -0.15) is 0 Å². The van der Waals surface area contributed by atoms with Crippen LogP contribution in [-0.2, 0) is 11.2 Å². The van der Waals surface area contributed by atoms with Crippen molar-refractivity contribution < 1.29 is 9.53 Å². The molecule has 1 amide bonds. The second kappa shape index (κ2) is 6.75. The predicted octanol–water partition coefficient (Wildman–Crippen LogP) is 1.97. The molecule has 1 aromatic carbocycles. The largest absolute Gasteiger partial charge is 0.481 e. The van der Waals surface area contributed by atoms with Crippen molar-refractivity contribution in [2.45, 2.75) is 45.3 Å². The van der Waals surface area contributed by atoms with Gasteiger partial charge >= 0.3 is 0 Å². The van der Waals surface area contributed by atoms with Crippen LogP contribution in [0.2, 0.25) is 0 Å². The van der Waals surface area contributed by atoms with Gasteiger partial charge in [0.1, 0.15) is 5.75 Å². The Morgan fingerprint density at radius 1 is 1.35 bits per heavy atom. The van der Waals surface area contributed by atoms with Crippen LogP contribution in [0.25, 0.3) is 0 Å². The van der Waals surface area contributed by atoms with Crippen LogP contribution in [0.4, 0.5) is 0 Å². The summed E-state index contributed by atoms with van der Waals surface area (Å²) in [5.41, 5.74) is 7.12. The van der Waals surface area contributed by atoms with Crippen LogP contribution in [0.1, 0.15) is 32.3 Å². The summed E-state index contributed by atoms with van der Waals surface area (Å²) < 4.78 is 5.73. The highest BCUT2D eigenvalue weighted by Gasteiger charge is 2.25. The van der Waals surface area contributed by atoms with E-state index in [0.29, 0.717) is 0 Å². The Balaban J connectivity index is 1.89. The molecule has 1 heterocycles. The maximum Gasteiger partial charge on any atom is 0.263 e. The summed E-state index contributed by atoms with van der Waals surface area (Å²) in [6.07, 6.45) is 2.31.